The van der Waals surface area contributed by atoms with E-state index in [9.17, 15) is 8.78 Å². The van der Waals surface area contributed by atoms with E-state index in [0.717, 1.165) is 29.6 Å². The number of hydrogen-bond donors (Lipinski definition) is 1. The summed E-state index contributed by atoms with van der Waals surface area (Å²) in [6.07, 6.45) is 0.697. The third kappa shape index (κ3) is 4.13. The Labute approximate surface area is 120 Å². The average Bonchev–Trinajstić information content (AvgIpc) is 2.42. The van der Waals surface area contributed by atoms with Gasteiger partial charge in [0.2, 0.25) is 0 Å². The molecule has 2 aromatic carbocycles. The number of rotatable bonds is 6. The summed E-state index contributed by atoms with van der Waals surface area (Å²) in [6.45, 7) is 0.509. The lowest BCUT2D eigenvalue weighted by Gasteiger charge is -2.07. The molecule has 106 valence electrons. The summed E-state index contributed by atoms with van der Waals surface area (Å²) in [6, 6.07) is 11.7. The van der Waals surface area contributed by atoms with Crippen LogP contribution in [0.5, 0.6) is 5.75 Å². The highest BCUT2D eigenvalue weighted by Gasteiger charge is 2.10. The van der Waals surface area contributed by atoms with Gasteiger partial charge in [0, 0.05) is 11.4 Å². The van der Waals surface area contributed by atoms with Crippen molar-refractivity contribution in [1.82, 2.24) is 0 Å². The Kier molecular flexibility index (Phi) is 5.24. The standard InChI is InChI=1S/C15H15F2NOS/c16-13-9-11(18)10-14(17)15(13)20-8-4-7-19-12-5-2-1-3-6-12/h1-3,5-6,9-10H,4,7-8,18H2. The summed E-state index contributed by atoms with van der Waals surface area (Å²) in [5.74, 6) is 0.139. The van der Waals surface area contributed by atoms with Crippen LogP contribution in [0.4, 0.5) is 14.5 Å². The molecular weight excluding hydrogens is 280 g/mol. The van der Waals surface area contributed by atoms with E-state index < -0.39 is 11.6 Å². The zero-order valence-corrected chi connectivity index (χ0v) is 11.6. The molecule has 0 fully saturated rings. The van der Waals surface area contributed by atoms with Gasteiger partial charge in [-0.2, -0.15) is 0 Å². The quantitative estimate of drug-likeness (QED) is 0.495. The second-order valence-electron chi connectivity index (χ2n) is 4.18. The van der Waals surface area contributed by atoms with Gasteiger partial charge in [0.05, 0.1) is 11.5 Å². The van der Waals surface area contributed by atoms with Crippen molar-refractivity contribution in [3.8, 4) is 5.75 Å². The van der Waals surface area contributed by atoms with Gasteiger partial charge in [-0.05, 0) is 30.7 Å². The lowest BCUT2D eigenvalue weighted by molar-refractivity contribution is 0.318. The Bertz CT molecular complexity index is 540. The largest absolute Gasteiger partial charge is 0.494 e. The van der Waals surface area contributed by atoms with E-state index in [1.54, 1.807) is 0 Å². The van der Waals surface area contributed by atoms with Gasteiger partial charge in [-0.3, -0.25) is 0 Å². The van der Waals surface area contributed by atoms with Gasteiger partial charge in [-0.15, -0.1) is 11.8 Å². The van der Waals surface area contributed by atoms with Gasteiger partial charge in [0.15, 0.2) is 0 Å². The van der Waals surface area contributed by atoms with Gasteiger partial charge < -0.3 is 10.5 Å². The van der Waals surface area contributed by atoms with Crippen molar-refractivity contribution in [2.75, 3.05) is 18.1 Å². The number of nitrogen functional groups attached to an aromatic ring is 1. The number of para-hydroxylation sites is 1. The monoisotopic (exact) mass is 295 g/mol. The minimum absolute atomic E-state index is 0.0129. The Morgan fingerprint density at radius 1 is 1.05 bits per heavy atom. The summed E-state index contributed by atoms with van der Waals surface area (Å²) in [4.78, 5) is 0.0129. The molecule has 2 aromatic rings. The Balaban J connectivity index is 1.76. The van der Waals surface area contributed by atoms with Crippen LogP contribution in [0.1, 0.15) is 6.42 Å². The molecule has 0 unspecified atom stereocenters. The first-order chi connectivity index (χ1) is 9.66. The molecular formula is C15H15F2NOS. The average molecular weight is 295 g/mol. The molecule has 0 saturated heterocycles. The summed E-state index contributed by atoms with van der Waals surface area (Å²) in [5.41, 5.74) is 5.45. The summed E-state index contributed by atoms with van der Waals surface area (Å²) in [5, 5.41) is 0. The van der Waals surface area contributed by atoms with Crippen LogP contribution in [0.3, 0.4) is 0 Å². The molecule has 0 heterocycles. The molecule has 0 atom stereocenters. The first kappa shape index (κ1) is 14.7. The predicted molar refractivity (Wildman–Crippen MR) is 78.0 cm³/mol. The van der Waals surface area contributed by atoms with Crippen molar-refractivity contribution < 1.29 is 13.5 Å². The normalized spacial score (nSPS) is 10.5. The van der Waals surface area contributed by atoms with Crippen LogP contribution in [0.15, 0.2) is 47.4 Å². The number of thioether (sulfide) groups is 1. The lowest BCUT2D eigenvalue weighted by Crippen LogP contribution is -1.99. The van der Waals surface area contributed by atoms with Gasteiger partial charge in [-0.25, -0.2) is 8.78 Å². The Morgan fingerprint density at radius 3 is 2.35 bits per heavy atom. The Hall–Kier alpha value is -1.75. The molecule has 0 amide bonds. The summed E-state index contributed by atoms with van der Waals surface area (Å²) >= 11 is 1.13. The molecule has 0 saturated carbocycles. The van der Waals surface area contributed by atoms with Gasteiger partial charge in [0.1, 0.15) is 17.4 Å². The van der Waals surface area contributed by atoms with Crippen molar-refractivity contribution >= 4 is 17.4 Å². The fourth-order valence-corrected chi connectivity index (χ4v) is 2.52. The first-order valence-corrected chi connectivity index (χ1v) is 7.20. The van der Waals surface area contributed by atoms with E-state index in [2.05, 4.69) is 0 Å². The van der Waals surface area contributed by atoms with Gasteiger partial charge >= 0.3 is 0 Å². The molecule has 2 N–H and O–H groups in total. The number of hydrogen-bond acceptors (Lipinski definition) is 3. The first-order valence-electron chi connectivity index (χ1n) is 6.22. The zero-order valence-electron chi connectivity index (χ0n) is 10.8. The topological polar surface area (TPSA) is 35.2 Å². The molecule has 0 aromatic heterocycles. The van der Waals surface area contributed by atoms with Crippen LogP contribution < -0.4 is 10.5 Å². The van der Waals surface area contributed by atoms with Crippen LogP contribution in [-0.4, -0.2) is 12.4 Å². The summed E-state index contributed by atoms with van der Waals surface area (Å²) in [7, 11) is 0. The fraction of sp³-hybridized carbons (Fsp3) is 0.200. The molecule has 0 aliphatic heterocycles. The maximum absolute atomic E-state index is 13.5. The van der Waals surface area contributed by atoms with E-state index in [4.69, 9.17) is 10.5 Å². The maximum Gasteiger partial charge on any atom is 0.141 e. The number of benzene rings is 2. The van der Waals surface area contributed by atoms with Crippen molar-refractivity contribution in [3.63, 3.8) is 0 Å². The third-order valence-electron chi connectivity index (χ3n) is 2.57. The third-order valence-corrected chi connectivity index (χ3v) is 3.74. The number of anilines is 1. The Morgan fingerprint density at radius 2 is 1.70 bits per heavy atom. The second-order valence-corrected chi connectivity index (χ2v) is 5.28. The highest BCUT2D eigenvalue weighted by atomic mass is 32.2. The van der Waals surface area contributed by atoms with Gasteiger partial charge in [0.25, 0.3) is 0 Å². The number of ether oxygens (including phenoxy) is 1. The van der Waals surface area contributed by atoms with Crippen molar-refractivity contribution in [1.29, 1.82) is 0 Å². The van der Waals surface area contributed by atoms with Gasteiger partial charge in [-0.1, -0.05) is 18.2 Å². The minimum atomic E-state index is -0.614. The number of nitrogens with two attached hydrogens (primary N) is 1. The summed E-state index contributed by atoms with van der Waals surface area (Å²) < 4.78 is 32.5. The van der Waals surface area contributed by atoms with Crippen molar-refractivity contribution in [3.05, 3.63) is 54.1 Å². The molecule has 0 bridgehead atoms. The molecule has 2 rings (SSSR count). The molecule has 5 heteroatoms. The zero-order chi connectivity index (χ0) is 14.4. The molecule has 20 heavy (non-hydrogen) atoms. The second kappa shape index (κ2) is 7.14. The molecule has 0 aliphatic rings. The van der Waals surface area contributed by atoms with Crippen molar-refractivity contribution in [2.45, 2.75) is 11.3 Å². The molecule has 0 aliphatic carbocycles. The van der Waals surface area contributed by atoms with E-state index in [0.29, 0.717) is 18.8 Å². The predicted octanol–water partition coefficient (Wildman–Crippen LogP) is 4.11. The highest BCUT2D eigenvalue weighted by Crippen LogP contribution is 2.27. The molecule has 0 spiro atoms. The maximum atomic E-state index is 13.5. The van der Waals surface area contributed by atoms with Crippen LogP contribution in [0.2, 0.25) is 0 Å². The molecule has 0 radical (unpaired) electrons. The highest BCUT2D eigenvalue weighted by molar-refractivity contribution is 7.99. The van der Waals surface area contributed by atoms with Crippen LogP contribution >= 0.6 is 11.8 Å². The SMILES string of the molecule is Nc1cc(F)c(SCCCOc2ccccc2)c(F)c1. The van der Waals surface area contributed by atoms with E-state index >= 15 is 0 Å². The van der Waals surface area contributed by atoms with Crippen molar-refractivity contribution in [2.24, 2.45) is 0 Å². The van der Waals surface area contributed by atoms with E-state index in [1.165, 1.54) is 0 Å². The smallest absolute Gasteiger partial charge is 0.141 e. The molecule has 2 nitrogen and oxygen atoms in total. The van der Waals surface area contributed by atoms with Crippen LogP contribution in [0, 0.1) is 11.6 Å². The lowest BCUT2D eigenvalue weighted by atomic mass is 10.3. The van der Waals surface area contributed by atoms with E-state index in [1.807, 2.05) is 30.3 Å². The number of halogens is 2. The fourth-order valence-electron chi connectivity index (χ4n) is 1.66. The minimum Gasteiger partial charge on any atom is -0.494 e. The van der Waals surface area contributed by atoms with Crippen LogP contribution in [-0.2, 0) is 0 Å². The van der Waals surface area contributed by atoms with E-state index in [-0.39, 0.29) is 10.6 Å². The van der Waals surface area contributed by atoms with Crippen LogP contribution in [0.25, 0.3) is 0 Å².